The zero-order chi connectivity index (χ0) is 13.9. The Balaban J connectivity index is 3.32. The van der Waals surface area contributed by atoms with Gasteiger partial charge >= 0.3 is 0 Å². The molecule has 1 rings (SSSR count). The van der Waals surface area contributed by atoms with Gasteiger partial charge in [0.25, 0.3) is 5.91 Å². The highest BCUT2D eigenvalue weighted by Crippen LogP contribution is 2.18. The predicted octanol–water partition coefficient (Wildman–Crippen LogP) is -2.32. The van der Waals surface area contributed by atoms with Crippen molar-refractivity contribution in [3.05, 3.63) is 11.1 Å². The van der Waals surface area contributed by atoms with Crippen LogP contribution < -0.4 is 5.31 Å². The van der Waals surface area contributed by atoms with Crippen molar-refractivity contribution in [3.8, 4) is 0 Å². The molecule has 1 amide bonds. The molecule has 0 spiro atoms. The molecule has 1 aliphatic heterocycles. The average Bonchev–Trinajstić information content (AvgIpc) is 2.38. The Morgan fingerprint density at radius 1 is 1.43 bits per heavy atom. The SMILES string of the molecule is [2H]OCC1=C(CO[2H])C(=O)C(C)(O[2H])N([2H])C1=O. The maximum atomic E-state index is 12.0. The van der Waals surface area contributed by atoms with Crippen molar-refractivity contribution in [1.29, 1.82) is 4.29 Å². The maximum Gasteiger partial charge on any atom is 0.252 e. The third-order valence-electron chi connectivity index (χ3n) is 1.92. The lowest BCUT2D eigenvalue weighted by Gasteiger charge is -2.29. The summed E-state index contributed by atoms with van der Waals surface area (Å²) in [6.07, 6.45) is 0. The minimum absolute atomic E-state index is 0.199. The van der Waals surface area contributed by atoms with Crippen molar-refractivity contribution in [2.24, 2.45) is 0 Å². The van der Waals surface area contributed by atoms with E-state index in [1.54, 1.807) is 0 Å². The number of rotatable bonds is 5. The molecule has 1 atom stereocenters. The van der Waals surface area contributed by atoms with E-state index in [2.05, 4.69) is 15.3 Å². The number of hydrogen-bond acceptors (Lipinski definition) is 5. The summed E-state index contributed by atoms with van der Waals surface area (Å²) in [6, 6.07) is 0. The number of aliphatic hydroxyl groups excluding tert-OH is 2. The largest absolute Gasteiger partial charge is 0.392 e. The number of carbonyl (C=O) groups excluding carboxylic acids is 2. The number of amides is 1. The summed E-state index contributed by atoms with van der Waals surface area (Å²) in [5.74, 6) is -1.80. The van der Waals surface area contributed by atoms with Crippen molar-refractivity contribution in [2.75, 3.05) is 13.2 Å². The fraction of sp³-hybridized carbons (Fsp3) is 0.500. The second-order valence-electron chi connectivity index (χ2n) is 2.97. The number of aliphatic hydroxyl groups is 3. The summed E-state index contributed by atoms with van der Waals surface area (Å²) in [6.45, 7) is 0.0400. The van der Waals surface area contributed by atoms with Crippen LogP contribution in [0.25, 0.3) is 0 Å². The Morgan fingerprint density at radius 3 is 2.64 bits per heavy atom. The van der Waals surface area contributed by atoms with Crippen molar-refractivity contribution in [2.45, 2.75) is 12.6 Å². The van der Waals surface area contributed by atoms with Crippen LogP contribution in [0.5, 0.6) is 0 Å². The minimum atomic E-state index is -2.10. The fourth-order valence-electron chi connectivity index (χ4n) is 1.16. The molecule has 1 unspecified atom stereocenters. The van der Waals surface area contributed by atoms with Gasteiger partial charge in [-0.2, -0.15) is 0 Å². The van der Waals surface area contributed by atoms with Gasteiger partial charge < -0.3 is 20.6 Å². The van der Waals surface area contributed by atoms with Gasteiger partial charge in [-0.25, -0.2) is 0 Å². The highest BCUT2D eigenvalue weighted by atomic mass is 16.3. The molecule has 78 valence electrons. The molecular weight excluding hydrogens is 190 g/mol. The van der Waals surface area contributed by atoms with Gasteiger partial charge in [-0.15, -0.1) is 0 Å². The van der Waals surface area contributed by atoms with Gasteiger partial charge in [-0.1, -0.05) is 0 Å². The standard InChI is InChI=1S/C8H11NO5/c1-8(14)6(12)4(2-10)5(3-11)7(13)9-8/h10-11,14H,2-3H2,1H3,(H,9,13)/i10D,11D,14D/hD. The summed E-state index contributed by atoms with van der Waals surface area (Å²) in [5.41, 5.74) is -2.59. The molecule has 1 aliphatic rings. The summed E-state index contributed by atoms with van der Waals surface area (Å²) in [4.78, 5) is 23.8. The third-order valence-corrected chi connectivity index (χ3v) is 1.92. The van der Waals surface area contributed by atoms with Crippen molar-refractivity contribution >= 4 is 11.7 Å². The molecule has 0 aromatic rings. The molecular formula is C8H11NO5. The van der Waals surface area contributed by atoms with Crippen LogP contribution in [0.2, 0.25) is 1.41 Å². The van der Waals surface area contributed by atoms with Gasteiger partial charge in [0.05, 0.1) is 18.8 Å². The van der Waals surface area contributed by atoms with Crippen molar-refractivity contribution in [3.63, 3.8) is 0 Å². The van der Waals surface area contributed by atoms with E-state index in [9.17, 15) is 9.59 Å². The molecule has 6 heteroatoms. The lowest BCUT2D eigenvalue weighted by molar-refractivity contribution is -0.143. The number of carbonyl (C=O) groups is 2. The van der Waals surface area contributed by atoms with Gasteiger partial charge in [0.2, 0.25) is 10.1 Å². The molecule has 0 saturated carbocycles. The number of nitrogens with one attached hydrogen (secondary N) is 1. The Labute approximate surface area is 85.8 Å². The van der Waals surface area contributed by atoms with Gasteiger partial charge in [0.15, 0.2) is 7.14 Å². The molecule has 0 aromatic carbocycles. The zero-order valence-corrected chi connectivity index (χ0v) is 7.40. The first-order valence-corrected chi connectivity index (χ1v) is 3.84. The summed E-state index contributed by atoms with van der Waals surface area (Å²) in [5, 5.41) is 12.4. The quantitative estimate of drug-likeness (QED) is 0.403. The molecule has 0 aliphatic carbocycles. The van der Waals surface area contributed by atoms with Crippen LogP contribution in [0.3, 0.4) is 0 Å². The monoisotopic (exact) mass is 205 g/mol. The molecule has 14 heavy (non-hydrogen) atoms. The topological polar surface area (TPSA) is 107 Å². The van der Waals surface area contributed by atoms with E-state index in [-0.39, 0.29) is 16.5 Å². The first-order chi connectivity index (χ1) is 8.43. The molecule has 0 radical (unpaired) electrons. The number of hydrogen-bond donors (Lipinski definition) is 4. The highest BCUT2D eigenvalue weighted by Gasteiger charge is 2.41. The van der Waals surface area contributed by atoms with Gasteiger partial charge in [0.1, 0.15) is 0 Å². The predicted molar refractivity (Wildman–Crippen MR) is 45.0 cm³/mol. The van der Waals surface area contributed by atoms with E-state index in [1.807, 2.05) is 0 Å². The Bertz CT molecular complexity index is 401. The fourth-order valence-corrected chi connectivity index (χ4v) is 1.16. The molecule has 6 nitrogen and oxygen atoms in total. The van der Waals surface area contributed by atoms with E-state index < -0.39 is 30.6 Å². The molecule has 0 bridgehead atoms. The second-order valence-corrected chi connectivity index (χ2v) is 2.97. The second kappa shape index (κ2) is 3.49. The van der Waals surface area contributed by atoms with Gasteiger partial charge in [-0.3, -0.25) is 9.59 Å². The smallest absolute Gasteiger partial charge is 0.252 e. The molecule has 0 fully saturated rings. The first-order valence-electron chi connectivity index (χ1n) is 5.52. The van der Waals surface area contributed by atoms with Gasteiger partial charge in [0, 0.05) is 5.57 Å². The van der Waals surface area contributed by atoms with Crippen LogP contribution in [0.15, 0.2) is 11.1 Å². The van der Waals surface area contributed by atoms with Crippen LogP contribution in [0, 0.1) is 0 Å². The molecule has 4 N–H and O–H groups in total. The number of ketones is 1. The van der Waals surface area contributed by atoms with Crippen molar-refractivity contribution in [1.82, 2.24) is 5.31 Å². The third kappa shape index (κ3) is 1.54. The van der Waals surface area contributed by atoms with E-state index in [0.717, 1.165) is 6.92 Å². The average molecular weight is 205 g/mol. The van der Waals surface area contributed by atoms with Crippen LogP contribution in [0.1, 0.15) is 6.92 Å². The summed E-state index contributed by atoms with van der Waals surface area (Å²) in [7, 11) is 0. The lowest BCUT2D eigenvalue weighted by Crippen LogP contribution is -2.57. The molecule has 1 heterocycles. The Hall–Kier alpha value is -1.24. The van der Waals surface area contributed by atoms with Gasteiger partial charge in [-0.05, 0) is 6.92 Å². The summed E-state index contributed by atoms with van der Waals surface area (Å²) >= 11 is 0. The Kier molecular flexibility index (Phi) is 1.56. The van der Waals surface area contributed by atoms with E-state index in [0.29, 0.717) is 0 Å². The van der Waals surface area contributed by atoms with E-state index in [1.165, 1.54) is 0 Å². The van der Waals surface area contributed by atoms with Crippen LogP contribution in [-0.2, 0) is 9.59 Å². The highest BCUT2D eigenvalue weighted by molar-refractivity contribution is 6.14. The summed E-state index contributed by atoms with van der Waals surface area (Å²) < 4.78 is 27.5. The minimum Gasteiger partial charge on any atom is -0.392 e. The van der Waals surface area contributed by atoms with Crippen LogP contribution in [0.4, 0.5) is 0 Å². The number of Topliss-reactive ketones (excluding diaryl/α,β-unsaturated/α-hetero) is 1. The first kappa shape index (κ1) is 6.28. The lowest BCUT2D eigenvalue weighted by atomic mass is 9.93. The zero-order valence-electron chi connectivity index (χ0n) is 11.4. The van der Waals surface area contributed by atoms with Crippen molar-refractivity contribution < 1.29 is 26.3 Å². The maximum absolute atomic E-state index is 12.0. The molecule has 0 aromatic heterocycles. The van der Waals surface area contributed by atoms with Crippen LogP contribution in [-0.4, -0.2) is 50.2 Å². The van der Waals surface area contributed by atoms with E-state index >= 15 is 0 Å². The normalized spacial score (nSPS) is 32.5. The Morgan fingerprint density at radius 2 is 2.07 bits per heavy atom. The van der Waals surface area contributed by atoms with E-state index in [4.69, 9.17) is 5.71 Å². The van der Waals surface area contributed by atoms with Crippen LogP contribution >= 0.6 is 0 Å². The molecule has 0 saturated heterocycles.